The molecule has 0 unspecified atom stereocenters. The van der Waals surface area contributed by atoms with Gasteiger partial charge in [0.2, 0.25) is 0 Å². The molecule has 0 aliphatic carbocycles. The first-order valence-electron chi connectivity index (χ1n) is 6.55. The highest BCUT2D eigenvalue weighted by Gasteiger charge is 1.97. The minimum Gasteiger partial charge on any atom is -0.351 e. The van der Waals surface area contributed by atoms with Crippen LogP contribution in [0.25, 0.3) is 0 Å². The van der Waals surface area contributed by atoms with Gasteiger partial charge in [0.05, 0.1) is 13.2 Å². The number of carbonyl (C=O) groups excluding carboxylic acids is 2. The molecule has 2 aromatic carbocycles. The number of rotatable bonds is 8. The van der Waals surface area contributed by atoms with Crippen LogP contribution in [0.2, 0.25) is 0 Å². The summed E-state index contributed by atoms with van der Waals surface area (Å²) in [7, 11) is 0. The number of hydrogen-bond acceptors (Lipinski definition) is 4. The first-order valence-corrected chi connectivity index (χ1v) is 6.55. The van der Waals surface area contributed by atoms with Crippen molar-refractivity contribution in [3.8, 4) is 0 Å². The van der Waals surface area contributed by atoms with Crippen LogP contribution in [-0.2, 0) is 22.7 Å². The monoisotopic (exact) mass is 284 g/mol. The number of aldehydes is 2. The molecule has 0 spiro atoms. The lowest BCUT2D eigenvalue weighted by molar-refractivity contribution is -0.0689. The van der Waals surface area contributed by atoms with E-state index in [-0.39, 0.29) is 6.79 Å². The van der Waals surface area contributed by atoms with Gasteiger partial charge in [0.1, 0.15) is 19.4 Å². The molecule has 21 heavy (non-hydrogen) atoms. The van der Waals surface area contributed by atoms with E-state index in [1.54, 1.807) is 24.3 Å². The molecule has 0 bridgehead atoms. The Morgan fingerprint density at radius 2 is 1.05 bits per heavy atom. The van der Waals surface area contributed by atoms with E-state index < -0.39 is 0 Å². The molecule has 108 valence electrons. The molecule has 0 aliphatic heterocycles. The molecule has 2 aromatic rings. The fraction of sp³-hybridized carbons (Fsp3) is 0.176. The Labute approximate surface area is 123 Å². The lowest BCUT2D eigenvalue weighted by atomic mass is 10.2. The smallest absolute Gasteiger partial charge is 0.150 e. The highest BCUT2D eigenvalue weighted by molar-refractivity contribution is 5.75. The van der Waals surface area contributed by atoms with Crippen LogP contribution in [0.5, 0.6) is 0 Å². The number of benzene rings is 2. The summed E-state index contributed by atoms with van der Waals surface area (Å²) in [5.41, 5.74) is 3.27. The van der Waals surface area contributed by atoms with Crippen molar-refractivity contribution in [3.05, 3.63) is 70.8 Å². The molecule has 4 heteroatoms. The molecular formula is C17H16O4. The zero-order chi connectivity index (χ0) is 14.9. The lowest BCUT2D eigenvalue weighted by Gasteiger charge is -2.06. The first kappa shape index (κ1) is 15.1. The maximum atomic E-state index is 10.5. The van der Waals surface area contributed by atoms with Gasteiger partial charge in [-0.3, -0.25) is 9.59 Å². The number of hydrogen-bond donors (Lipinski definition) is 0. The van der Waals surface area contributed by atoms with Gasteiger partial charge in [0, 0.05) is 11.1 Å². The highest BCUT2D eigenvalue weighted by atomic mass is 16.7. The van der Waals surface area contributed by atoms with Crippen LogP contribution in [0.15, 0.2) is 48.5 Å². The van der Waals surface area contributed by atoms with Crippen LogP contribution in [-0.4, -0.2) is 19.4 Å². The van der Waals surface area contributed by atoms with E-state index in [2.05, 4.69) is 0 Å². The molecule has 0 aliphatic rings. The minimum absolute atomic E-state index is 0.185. The molecular weight excluding hydrogens is 268 g/mol. The number of ether oxygens (including phenoxy) is 2. The Bertz CT molecular complexity index is 519. The third kappa shape index (κ3) is 4.95. The average Bonchev–Trinajstić information content (AvgIpc) is 2.55. The predicted molar refractivity (Wildman–Crippen MR) is 78.1 cm³/mol. The van der Waals surface area contributed by atoms with Gasteiger partial charge >= 0.3 is 0 Å². The topological polar surface area (TPSA) is 52.6 Å². The van der Waals surface area contributed by atoms with E-state index in [9.17, 15) is 9.59 Å². The van der Waals surface area contributed by atoms with Crippen molar-refractivity contribution in [2.24, 2.45) is 0 Å². The van der Waals surface area contributed by atoms with Gasteiger partial charge in [0.25, 0.3) is 0 Å². The molecule has 0 fully saturated rings. The molecule has 0 atom stereocenters. The second-order valence-corrected chi connectivity index (χ2v) is 4.53. The van der Waals surface area contributed by atoms with Crippen molar-refractivity contribution in [2.45, 2.75) is 13.2 Å². The van der Waals surface area contributed by atoms with Crippen LogP contribution in [0.1, 0.15) is 31.8 Å². The second kappa shape index (κ2) is 8.09. The van der Waals surface area contributed by atoms with Crippen LogP contribution in [0.3, 0.4) is 0 Å². The van der Waals surface area contributed by atoms with Gasteiger partial charge in [-0.1, -0.05) is 48.5 Å². The van der Waals surface area contributed by atoms with Crippen LogP contribution >= 0.6 is 0 Å². The third-order valence-electron chi connectivity index (χ3n) is 2.94. The van der Waals surface area contributed by atoms with Gasteiger partial charge in [-0.2, -0.15) is 0 Å². The van der Waals surface area contributed by atoms with E-state index in [0.29, 0.717) is 24.3 Å². The van der Waals surface area contributed by atoms with E-state index in [1.165, 1.54) is 0 Å². The van der Waals surface area contributed by atoms with E-state index >= 15 is 0 Å². The van der Waals surface area contributed by atoms with E-state index in [1.807, 2.05) is 24.3 Å². The fourth-order valence-corrected chi connectivity index (χ4v) is 1.76. The molecule has 0 saturated carbocycles. The van der Waals surface area contributed by atoms with Gasteiger partial charge in [-0.05, 0) is 11.1 Å². The Kier molecular flexibility index (Phi) is 5.82. The molecule has 0 aromatic heterocycles. The standard InChI is InChI=1S/C17H16O4/c18-9-14-1-5-16(6-2-14)11-20-13-21-12-17-7-3-15(10-19)4-8-17/h1-10H,11-13H2. The summed E-state index contributed by atoms with van der Waals surface area (Å²) < 4.78 is 10.8. The molecule has 0 N–H and O–H groups in total. The molecule has 0 radical (unpaired) electrons. The van der Waals surface area contributed by atoms with Gasteiger partial charge in [-0.25, -0.2) is 0 Å². The summed E-state index contributed by atoms with van der Waals surface area (Å²) in [5, 5.41) is 0. The maximum absolute atomic E-state index is 10.5. The summed E-state index contributed by atoms with van der Waals surface area (Å²) >= 11 is 0. The summed E-state index contributed by atoms with van der Waals surface area (Å²) in [5.74, 6) is 0. The SMILES string of the molecule is O=Cc1ccc(COCOCc2ccc(C=O)cc2)cc1. The van der Waals surface area contributed by atoms with Crippen LogP contribution < -0.4 is 0 Å². The first-order chi connectivity index (χ1) is 10.3. The fourth-order valence-electron chi connectivity index (χ4n) is 1.76. The Morgan fingerprint density at radius 3 is 1.38 bits per heavy atom. The average molecular weight is 284 g/mol. The van der Waals surface area contributed by atoms with Crippen LogP contribution in [0, 0.1) is 0 Å². The largest absolute Gasteiger partial charge is 0.351 e. The Balaban J connectivity index is 1.66. The van der Waals surface area contributed by atoms with Gasteiger partial charge in [0.15, 0.2) is 0 Å². The zero-order valence-corrected chi connectivity index (χ0v) is 11.5. The van der Waals surface area contributed by atoms with Crippen LogP contribution in [0.4, 0.5) is 0 Å². The molecule has 0 heterocycles. The van der Waals surface area contributed by atoms with Crippen molar-refractivity contribution < 1.29 is 19.1 Å². The molecule has 0 saturated heterocycles. The minimum atomic E-state index is 0.185. The Morgan fingerprint density at radius 1 is 0.667 bits per heavy atom. The molecule has 0 amide bonds. The maximum Gasteiger partial charge on any atom is 0.150 e. The zero-order valence-electron chi connectivity index (χ0n) is 11.5. The van der Waals surface area contributed by atoms with Crippen molar-refractivity contribution in [3.63, 3.8) is 0 Å². The van der Waals surface area contributed by atoms with Gasteiger partial charge in [-0.15, -0.1) is 0 Å². The summed E-state index contributed by atoms with van der Waals surface area (Å²) in [6, 6.07) is 14.4. The van der Waals surface area contributed by atoms with Crippen molar-refractivity contribution >= 4 is 12.6 Å². The highest BCUT2D eigenvalue weighted by Crippen LogP contribution is 2.06. The summed E-state index contributed by atoms with van der Waals surface area (Å²) in [6.07, 6.45) is 1.62. The van der Waals surface area contributed by atoms with E-state index in [4.69, 9.17) is 9.47 Å². The molecule has 4 nitrogen and oxygen atoms in total. The predicted octanol–water partition coefficient (Wildman–Crippen LogP) is 3.00. The molecule has 2 rings (SSSR count). The third-order valence-corrected chi connectivity index (χ3v) is 2.94. The van der Waals surface area contributed by atoms with E-state index in [0.717, 1.165) is 23.7 Å². The van der Waals surface area contributed by atoms with Crippen molar-refractivity contribution in [1.29, 1.82) is 0 Å². The quantitative estimate of drug-likeness (QED) is 0.425. The van der Waals surface area contributed by atoms with Crippen molar-refractivity contribution in [2.75, 3.05) is 6.79 Å². The normalized spacial score (nSPS) is 10.3. The summed E-state index contributed by atoms with van der Waals surface area (Å²) in [6.45, 7) is 1.05. The lowest BCUT2D eigenvalue weighted by Crippen LogP contribution is -2.01. The summed E-state index contributed by atoms with van der Waals surface area (Å²) in [4.78, 5) is 21.0. The van der Waals surface area contributed by atoms with Crippen molar-refractivity contribution in [1.82, 2.24) is 0 Å². The Hall–Kier alpha value is -2.30. The van der Waals surface area contributed by atoms with Gasteiger partial charge < -0.3 is 9.47 Å². The second-order valence-electron chi connectivity index (χ2n) is 4.53. The number of carbonyl (C=O) groups is 2.